The lowest BCUT2D eigenvalue weighted by Crippen LogP contribution is -2.09. The van der Waals surface area contributed by atoms with Crippen molar-refractivity contribution in [3.63, 3.8) is 0 Å². The third kappa shape index (κ3) is 1.27. The van der Waals surface area contributed by atoms with Crippen molar-refractivity contribution in [2.75, 3.05) is 11.2 Å². The minimum Gasteiger partial charge on any atom is -0.382 e. The van der Waals surface area contributed by atoms with Crippen molar-refractivity contribution in [2.45, 2.75) is 0 Å². The SMILES string of the molecule is NNc1cc2ccccc2nc1N. The van der Waals surface area contributed by atoms with E-state index in [1.54, 1.807) is 0 Å². The van der Waals surface area contributed by atoms with E-state index in [4.69, 9.17) is 11.6 Å². The summed E-state index contributed by atoms with van der Waals surface area (Å²) < 4.78 is 0. The quantitative estimate of drug-likeness (QED) is 0.447. The molecule has 4 heteroatoms. The third-order valence-corrected chi connectivity index (χ3v) is 1.91. The molecule has 0 unspecified atom stereocenters. The average molecular weight is 174 g/mol. The number of hydrazine groups is 1. The Kier molecular flexibility index (Phi) is 1.75. The number of hydrogen-bond acceptors (Lipinski definition) is 4. The second-order valence-electron chi connectivity index (χ2n) is 2.76. The van der Waals surface area contributed by atoms with Crippen LogP contribution in [0.4, 0.5) is 11.5 Å². The molecule has 13 heavy (non-hydrogen) atoms. The Morgan fingerprint density at radius 2 is 2.00 bits per heavy atom. The molecule has 0 fully saturated rings. The number of hydrogen-bond donors (Lipinski definition) is 3. The first-order chi connectivity index (χ1) is 6.31. The van der Waals surface area contributed by atoms with Crippen LogP contribution in [0.3, 0.4) is 0 Å². The van der Waals surface area contributed by atoms with Gasteiger partial charge in [-0.15, -0.1) is 0 Å². The Bertz CT molecular complexity index is 439. The minimum absolute atomic E-state index is 0.418. The number of nitrogens with zero attached hydrogens (tertiary/aromatic N) is 1. The molecular weight excluding hydrogens is 164 g/mol. The number of anilines is 2. The summed E-state index contributed by atoms with van der Waals surface area (Å²) in [5.41, 5.74) is 9.67. The first kappa shape index (κ1) is 7.82. The molecule has 0 spiro atoms. The maximum atomic E-state index is 5.64. The van der Waals surface area contributed by atoms with Crippen LogP contribution >= 0.6 is 0 Å². The second kappa shape index (κ2) is 2.91. The molecule has 0 saturated heterocycles. The normalized spacial score (nSPS) is 10.2. The Morgan fingerprint density at radius 1 is 1.23 bits per heavy atom. The van der Waals surface area contributed by atoms with Crippen LogP contribution in [-0.2, 0) is 0 Å². The van der Waals surface area contributed by atoms with E-state index >= 15 is 0 Å². The number of para-hydroxylation sites is 1. The van der Waals surface area contributed by atoms with Gasteiger partial charge in [-0.1, -0.05) is 18.2 Å². The molecule has 0 aliphatic heterocycles. The number of benzene rings is 1. The molecule has 2 aromatic rings. The van der Waals surface area contributed by atoms with E-state index in [1.165, 1.54) is 0 Å². The summed E-state index contributed by atoms with van der Waals surface area (Å²) in [7, 11) is 0. The number of rotatable bonds is 1. The zero-order valence-electron chi connectivity index (χ0n) is 6.99. The van der Waals surface area contributed by atoms with Gasteiger partial charge in [-0.2, -0.15) is 0 Å². The molecule has 1 aromatic carbocycles. The van der Waals surface area contributed by atoms with Crippen molar-refractivity contribution in [3.8, 4) is 0 Å². The maximum absolute atomic E-state index is 5.64. The van der Waals surface area contributed by atoms with E-state index in [1.807, 2.05) is 30.3 Å². The second-order valence-corrected chi connectivity index (χ2v) is 2.76. The monoisotopic (exact) mass is 174 g/mol. The van der Waals surface area contributed by atoms with Crippen molar-refractivity contribution in [1.29, 1.82) is 0 Å². The fraction of sp³-hybridized carbons (Fsp3) is 0. The minimum atomic E-state index is 0.418. The van der Waals surface area contributed by atoms with Gasteiger partial charge in [-0.05, 0) is 12.1 Å². The van der Waals surface area contributed by atoms with Crippen molar-refractivity contribution >= 4 is 22.4 Å². The highest BCUT2D eigenvalue weighted by atomic mass is 15.2. The lowest BCUT2D eigenvalue weighted by Gasteiger charge is -2.05. The predicted octanol–water partition coefficient (Wildman–Crippen LogP) is 1.10. The van der Waals surface area contributed by atoms with Gasteiger partial charge in [0.1, 0.15) is 5.82 Å². The van der Waals surface area contributed by atoms with Gasteiger partial charge < -0.3 is 11.2 Å². The molecular formula is C9H10N4. The standard InChI is InChI=1S/C9H10N4/c10-9-8(13-11)5-6-3-1-2-4-7(6)12-9/h1-5,13H,11H2,(H2,10,12). The number of pyridine rings is 1. The van der Waals surface area contributed by atoms with Crippen LogP contribution in [0.25, 0.3) is 10.9 Å². The maximum Gasteiger partial charge on any atom is 0.148 e. The largest absolute Gasteiger partial charge is 0.382 e. The molecule has 0 bridgehead atoms. The van der Waals surface area contributed by atoms with Crippen molar-refractivity contribution in [1.82, 2.24) is 4.98 Å². The summed E-state index contributed by atoms with van der Waals surface area (Å²) in [5.74, 6) is 5.69. The number of nitrogen functional groups attached to an aromatic ring is 2. The highest BCUT2D eigenvalue weighted by Crippen LogP contribution is 2.21. The van der Waals surface area contributed by atoms with Gasteiger partial charge in [-0.3, -0.25) is 5.84 Å². The number of nitrogens with two attached hydrogens (primary N) is 2. The zero-order chi connectivity index (χ0) is 9.26. The Hall–Kier alpha value is -1.81. The van der Waals surface area contributed by atoms with E-state index in [2.05, 4.69) is 10.4 Å². The zero-order valence-corrected chi connectivity index (χ0v) is 6.99. The van der Waals surface area contributed by atoms with E-state index < -0.39 is 0 Å². The molecule has 1 aromatic heterocycles. The average Bonchev–Trinajstić information content (AvgIpc) is 2.17. The van der Waals surface area contributed by atoms with Crippen LogP contribution in [0.1, 0.15) is 0 Å². The molecule has 2 rings (SSSR count). The predicted molar refractivity (Wildman–Crippen MR) is 54.0 cm³/mol. The molecule has 0 radical (unpaired) electrons. The van der Waals surface area contributed by atoms with Crippen LogP contribution in [0.2, 0.25) is 0 Å². The van der Waals surface area contributed by atoms with E-state index in [9.17, 15) is 0 Å². The summed E-state index contributed by atoms with van der Waals surface area (Å²) in [4.78, 5) is 4.18. The Morgan fingerprint density at radius 3 is 2.77 bits per heavy atom. The van der Waals surface area contributed by atoms with Gasteiger partial charge in [0.25, 0.3) is 0 Å². The van der Waals surface area contributed by atoms with Crippen molar-refractivity contribution < 1.29 is 0 Å². The smallest absolute Gasteiger partial charge is 0.148 e. The van der Waals surface area contributed by atoms with Crippen LogP contribution in [-0.4, -0.2) is 4.98 Å². The van der Waals surface area contributed by atoms with Crippen LogP contribution in [0, 0.1) is 0 Å². The molecule has 5 N–H and O–H groups in total. The molecule has 0 aliphatic rings. The van der Waals surface area contributed by atoms with Gasteiger partial charge in [0.15, 0.2) is 0 Å². The van der Waals surface area contributed by atoms with Gasteiger partial charge in [0, 0.05) is 5.39 Å². The molecule has 66 valence electrons. The topological polar surface area (TPSA) is 77.0 Å². The highest BCUT2D eigenvalue weighted by Gasteiger charge is 2.00. The summed E-state index contributed by atoms with van der Waals surface area (Å²) in [5, 5.41) is 1.02. The van der Waals surface area contributed by atoms with Gasteiger partial charge in [0.2, 0.25) is 0 Å². The van der Waals surface area contributed by atoms with Gasteiger partial charge in [0.05, 0.1) is 11.2 Å². The summed E-state index contributed by atoms with van der Waals surface area (Å²) in [6.45, 7) is 0. The number of nitrogens with one attached hydrogen (secondary N) is 1. The fourth-order valence-corrected chi connectivity index (χ4v) is 1.25. The molecule has 4 nitrogen and oxygen atoms in total. The van der Waals surface area contributed by atoms with Crippen LogP contribution in [0.5, 0.6) is 0 Å². The molecule has 0 saturated carbocycles. The van der Waals surface area contributed by atoms with Crippen molar-refractivity contribution in [3.05, 3.63) is 30.3 Å². The van der Waals surface area contributed by atoms with E-state index in [0.29, 0.717) is 11.5 Å². The number of fused-ring (bicyclic) bond motifs is 1. The van der Waals surface area contributed by atoms with Crippen LogP contribution < -0.4 is 17.0 Å². The Balaban J connectivity index is 2.74. The van der Waals surface area contributed by atoms with Gasteiger partial charge in [-0.25, -0.2) is 4.98 Å². The molecule has 0 aliphatic carbocycles. The third-order valence-electron chi connectivity index (χ3n) is 1.91. The lowest BCUT2D eigenvalue weighted by atomic mass is 10.2. The van der Waals surface area contributed by atoms with Crippen LogP contribution in [0.15, 0.2) is 30.3 Å². The first-order valence-corrected chi connectivity index (χ1v) is 3.93. The summed E-state index contributed by atoms with van der Waals surface area (Å²) in [6, 6.07) is 9.61. The summed E-state index contributed by atoms with van der Waals surface area (Å²) >= 11 is 0. The fourth-order valence-electron chi connectivity index (χ4n) is 1.25. The molecule has 0 amide bonds. The lowest BCUT2D eigenvalue weighted by molar-refractivity contribution is 1.32. The highest BCUT2D eigenvalue weighted by molar-refractivity contribution is 5.85. The summed E-state index contributed by atoms with van der Waals surface area (Å²) in [6.07, 6.45) is 0. The van der Waals surface area contributed by atoms with Gasteiger partial charge >= 0.3 is 0 Å². The van der Waals surface area contributed by atoms with E-state index in [-0.39, 0.29) is 0 Å². The van der Waals surface area contributed by atoms with Crippen molar-refractivity contribution in [2.24, 2.45) is 5.84 Å². The van der Waals surface area contributed by atoms with E-state index in [0.717, 1.165) is 10.9 Å². The first-order valence-electron chi connectivity index (χ1n) is 3.93. The molecule has 0 atom stereocenters. The Labute approximate surface area is 75.5 Å². The number of aromatic nitrogens is 1. The molecule has 1 heterocycles.